The quantitative estimate of drug-likeness (QED) is 0.944. The normalized spacial score (nSPS) is 17.9. The zero-order valence-corrected chi connectivity index (χ0v) is 12.2. The van der Waals surface area contributed by atoms with Gasteiger partial charge in [-0.1, -0.05) is 11.6 Å². The van der Waals surface area contributed by atoms with Gasteiger partial charge in [0.05, 0.1) is 23.6 Å². The van der Waals surface area contributed by atoms with E-state index in [-0.39, 0.29) is 12.0 Å². The Morgan fingerprint density at radius 2 is 2.24 bits per heavy atom. The third-order valence-electron chi connectivity index (χ3n) is 3.45. The van der Waals surface area contributed by atoms with Crippen LogP contribution in [0.1, 0.15) is 23.2 Å². The summed E-state index contributed by atoms with van der Waals surface area (Å²) in [6.45, 7) is 1.33. The van der Waals surface area contributed by atoms with Crippen molar-refractivity contribution in [3.63, 3.8) is 0 Å². The maximum absolute atomic E-state index is 12.1. The predicted octanol–water partition coefficient (Wildman–Crippen LogP) is 2.43. The zero-order chi connectivity index (χ0) is 14.7. The van der Waals surface area contributed by atoms with Gasteiger partial charge in [0.25, 0.3) is 5.91 Å². The summed E-state index contributed by atoms with van der Waals surface area (Å²) in [5, 5.41) is 7.74. The summed E-state index contributed by atoms with van der Waals surface area (Å²) in [7, 11) is 0. The average Bonchev–Trinajstić information content (AvgIpc) is 3.17. The minimum absolute atomic E-state index is 0.134. The highest BCUT2D eigenvalue weighted by Gasteiger charge is 2.17. The summed E-state index contributed by atoms with van der Waals surface area (Å²) in [4.78, 5) is 12.1. The minimum Gasteiger partial charge on any atom is -0.376 e. The van der Waals surface area contributed by atoms with Crippen LogP contribution in [0.2, 0.25) is 5.02 Å². The Bertz CT molecular complexity index is 618. The molecule has 0 spiro atoms. The van der Waals surface area contributed by atoms with E-state index in [1.807, 2.05) is 12.1 Å². The highest BCUT2D eigenvalue weighted by molar-refractivity contribution is 6.30. The third-order valence-corrected chi connectivity index (χ3v) is 3.70. The van der Waals surface area contributed by atoms with Crippen molar-refractivity contribution in [2.24, 2.45) is 0 Å². The van der Waals surface area contributed by atoms with Crippen LogP contribution in [0.4, 0.5) is 0 Å². The first-order valence-corrected chi connectivity index (χ1v) is 7.30. The summed E-state index contributed by atoms with van der Waals surface area (Å²) >= 11 is 5.85. The van der Waals surface area contributed by atoms with Gasteiger partial charge in [0, 0.05) is 24.4 Å². The molecule has 1 aromatic carbocycles. The number of nitrogens with zero attached hydrogens (tertiary/aromatic N) is 2. The first kappa shape index (κ1) is 14.1. The number of halogens is 1. The second-order valence-electron chi connectivity index (χ2n) is 5.00. The van der Waals surface area contributed by atoms with E-state index < -0.39 is 0 Å². The van der Waals surface area contributed by atoms with Gasteiger partial charge in [-0.2, -0.15) is 5.10 Å². The molecular weight excluding hydrogens is 290 g/mol. The Kier molecular flexibility index (Phi) is 4.22. The summed E-state index contributed by atoms with van der Waals surface area (Å²) in [5.41, 5.74) is 1.39. The number of rotatable bonds is 4. The maximum Gasteiger partial charge on any atom is 0.254 e. The van der Waals surface area contributed by atoms with Gasteiger partial charge in [-0.25, -0.2) is 4.68 Å². The monoisotopic (exact) mass is 305 g/mol. The van der Waals surface area contributed by atoms with Gasteiger partial charge in [-0.3, -0.25) is 4.79 Å². The summed E-state index contributed by atoms with van der Waals surface area (Å²) in [5.74, 6) is -0.134. The molecule has 21 heavy (non-hydrogen) atoms. The highest BCUT2D eigenvalue weighted by atomic mass is 35.5. The molecule has 0 saturated carbocycles. The lowest BCUT2D eigenvalue weighted by atomic mass is 10.2. The number of amides is 1. The summed E-state index contributed by atoms with van der Waals surface area (Å²) in [6.07, 6.45) is 5.47. The Morgan fingerprint density at radius 1 is 1.43 bits per heavy atom. The number of aromatic nitrogens is 2. The van der Waals surface area contributed by atoms with Crippen LogP contribution in [-0.4, -0.2) is 34.9 Å². The molecule has 0 radical (unpaired) electrons. The Hall–Kier alpha value is -1.85. The molecule has 1 atom stereocenters. The molecule has 0 aliphatic carbocycles. The number of benzene rings is 1. The lowest BCUT2D eigenvalue weighted by molar-refractivity contribution is 0.0858. The van der Waals surface area contributed by atoms with Crippen LogP contribution in [0.25, 0.3) is 5.69 Å². The van der Waals surface area contributed by atoms with E-state index in [1.54, 1.807) is 29.2 Å². The van der Waals surface area contributed by atoms with Crippen LogP contribution in [0, 0.1) is 0 Å². The molecule has 1 fully saturated rings. The number of hydrogen-bond acceptors (Lipinski definition) is 3. The topological polar surface area (TPSA) is 56.1 Å². The molecule has 3 rings (SSSR count). The van der Waals surface area contributed by atoms with Crippen LogP contribution in [-0.2, 0) is 4.74 Å². The predicted molar refractivity (Wildman–Crippen MR) is 79.9 cm³/mol. The molecule has 1 saturated heterocycles. The van der Waals surface area contributed by atoms with E-state index in [1.165, 1.54) is 0 Å². The third kappa shape index (κ3) is 3.43. The lowest BCUT2D eigenvalue weighted by Gasteiger charge is -2.09. The average molecular weight is 306 g/mol. The fourth-order valence-corrected chi connectivity index (χ4v) is 2.42. The zero-order valence-electron chi connectivity index (χ0n) is 11.5. The summed E-state index contributed by atoms with van der Waals surface area (Å²) in [6, 6.07) is 7.28. The second-order valence-corrected chi connectivity index (χ2v) is 5.43. The summed E-state index contributed by atoms with van der Waals surface area (Å²) < 4.78 is 7.13. The molecule has 2 heterocycles. The number of carbonyl (C=O) groups is 1. The molecule has 1 amide bonds. The Labute approximate surface area is 127 Å². The SMILES string of the molecule is O=C(NC[C@@H]1CCCO1)c1cnn(-c2ccc(Cl)cc2)c1. The number of hydrogen-bond donors (Lipinski definition) is 1. The largest absolute Gasteiger partial charge is 0.376 e. The van der Waals surface area contributed by atoms with Crippen molar-refractivity contribution in [2.75, 3.05) is 13.2 Å². The molecule has 1 aromatic heterocycles. The van der Waals surface area contributed by atoms with Gasteiger partial charge < -0.3 is 10.1 Å². The molecule has 1 N–H and O–H groups in total. The lowest BCUT2D eigenvalue weighted by Crippen LogP contribution is -2.31. The Morgan fingerprint density at radius 3 is 2.95 bits per heavy atom. The minimum atomic E-state index is -0.134. The van der Waals surface area contributed by atoms with Crippen LogP contribution in [0.3, 0.4) is 0 Å². The fraction of sp³-hybridized carbons (Fsp3) is 0.333. The van der Waals surface area contributed by atoms with Crippen molar-refractivity contribution in [1.29, 1.82) is 0 Å². The second kappa shape index (κ2) is 6.28. The molecule has 0 bridgehead atoms. The van der Waals surface area contributed by atoms with E-state index >= 15 is 0 Å². The molecule has 6 heteroatoms. The molecule has 1 aliphatic rings. The fourth-order valence-electron chi connectivity index (χ4n) is 2.29. The van der Waals surface area contributed by atoms with E-state index in [2.05, 4.69) is 10.4 Å². The van der Waals surface area contributed by atoms with E-state index in [4.69, 9.17) is 16.3 Å². The van der Waals surface area contributed by atoms with Gasteiger partial charge in [0.2, 0.25) is 0 Å². The molecule has 110 valence electrons. The molecule has 0 unspecified atom stereocenters. The molecule has 5 nitrogen and oxygen atoms in total. The molecule has 2 aromatic rings. The highest BCUT2D eigenvalue weighted by Crippen LogP contribution is 2.14. The van der Waals surface area contributed by atoms with Crippen molar-refractivity contribution in [1.82, 2.24) is 15.1 Å². The standard InChI is InChI=1S/C15H16ClN3O2/c16-12-3-5-13(6-4-12)19-10-11(8-18-19)15(20)17-9-14-2-1-7-21-14/h3-6,8,10,14H,1-2,7,9H2,(H,17,20)/t14-/m0/s1. The van der Waals surface area contributed by atoms with E-state index in [0.717, 1.165) is 25.1 Å². The van der Waals surface area contributed by atoms with Crippen LogP contribution >= 0.6 is 11.6 Å². The maximum atomic E-state index is 12.1. The van der Waals surface area contributed by atoms with Gasteiger partial charge in [0.1, 0.15) is 0 Å². The van der Waals surface area contributed by atoms with E-state index in [0.29, 0.717) is 17.1 Å². The van der Waals surface area contributed by atoms with Crippen molar-refractivity contribution >= 4 is 17.5 Å². The Balaban J connectivity index is 1.63. The first-order chi connectivity index (χ1) is 10.2. The van der Waals surface area contributed by atoms with Crippen LogP contribution < -0.4 is 5.32 Å². The van der Waals surface area contributed by atoms with Crippen molar-refractivity contribution in [2.45, 2.75) is 18.9 Å². The van der Waals surface area contributed by atoms with Crippen LogP contribution in [0.15, 0.2) is 36.7 Å². The van der Waals surface area contributed by atoms with Gasteiger partial charge >= 0.3 is 0 Å². The van der Waals surface area contributed by atoms with Gasteiger partial charge in [-0.05, 0) is 37.1 Å². The van der Waals surface area contributed by atoms with Crippen molar-refractivity contribution in [3.8, 4) is 5.69 Å². The molecular formula is C15H16ClN3O2. The molecule has 1 aliphatic heterocycles. The van der Waals surface area contributed by atoms with Crippen molar-refractivity contribution < 1.29 is 9.53 Å². The van der Waals surface area contributed by atoms with Gasteiger partial charge in [-0.15, -0.1) is 0 Å². The first-order valence-electron chi connectivity index (χ1n) is 6.93. The van der Waals surface area contributed by atoms with E-state index in [9.17, 15) is 4.79 Å². The van der Waals surface area contributed by atoms with Crippen molar-refractivity contribution in [3.05, 3.63) is 47.2 Å². The number of ether oxygens (including phenoxy) is 1. The number of nitrogens with one attached hydrogen (secondary N) is 1. The number of carbonyl (C=O) groups excluding carboxylic acids is 1. The smallest absolute Gasteiger partial charge is 0.254 e. The van der Waals surface area contributed by atoms with Crippen LogP contribution in [0.5, 0.6) is 0 Å². The van der Waals surface area contributed by atoms with Gasteiger partial charge in [0.15, 0.2) is 0 Å².